The minimum absolute atomic E-state index is 0.00109. The summed E-state index contributed by atoms with van der Waals surface area (Å²) in [5.41, 5.74) is 1.98. The fourth-order valence-corrected chi connectivity index (χ4v) is 2.60. The van der Waals surface area contributed by atoms with Crippen LogP contribution in [0.1, 0.15) is 37.3 Å². The lowest BCUT2D eigenvalue weighted by molar-refractivity contribution is -0.137. The Labute approximate surface area is 182 Å². The van der Waals surface area contributed by atoms with Crippen molar-refractivity contribution in [1.82, 2.24) is 5.43 Å². The molecule has 0 saturated heterocycles. The number of nitrogens with zero attached hydrogens (tertiary/aromatic N) is 1. The fourth-order valence-electron chi connectivity index (χ4n) is 2.42. The minimum Gasteiger partial charge on any atom is -0.493 e. The van der Waals surface area contributed by atoms with Gasteiger partial charge in [0.15, 0.2) is 0 Å². The third-order valence-corrected chi connectivity index (χ3v) is 4.11. The van der Waals surface area contributed by atoms with Crippen LogP contribution in [0.25, 0.3) is 0 Å². The van der Waals surface area contributed by atoms with Crippen LogP contribution >= 0.6 is 11.6 Å². The molecule has 2 aromatic rings. The highest BCUT2D eigenvalue weighted by Gasteiger charge is 2.30. The van der Waals surface area contributed by atoms with Gasteiger partial charge in [-0.05, 0) is 42.8 Å². The van der Waals surface area contributed by atoms with Gasteiger partial charge in [0.25, 0.3) is 0 Å². The van der Waals surface area contributed by atoms with Crippen molar-refractivity contribution in [2.75, 3.05) is 11.9 Å². The number of nitrogens with one attached hydrogen (secondary N) is 2. The summed E-state index contributed by atoms with van der Waals surface area (Å²) in [7, 11) is 0. The van der Waals surface area contributed by atoms with Crippen molar-refractivity contribution in [3.05, 3.63) is 58.6 Å². The summed E-state index contributed by atoms with van der Waals surface area (Å²) in [5, 5.41) is 6.64. The van der Waals surface area contributed by atoms with Gasteiger partial charge in [0.05, 0.1) is 18.4 Å². The van der Waals surface area contributed by atoms with Crippen LogP contribution < -0.4 is 15.5 Å². The van der Waals surface area contributed by atoms with E-state index in [0.29, 0.717) is 22.9 Å². The molecule has 0 heterocycles. The van der Waals surface area contributed by atoms with E-state index in [1.54, 1.807) is 18.2 Å². The number of halogens is 4. The van der Waals surface area contributed by atoms with Crippen LogP contribution in [0.15, 0.2) is 47.6 Å². The van der Waals surface area contributed by atoms with Gasteiger partial charge in [0, 0.05) is 29.1 Å². The van der Waals surface area contributed by atoms with Gasteiger partial charge < -0.3 is 10.1 Å². The average Bonchev–Trinajstić information content (AvgIpc) is 2.71. The summed E-state index contributed by atoms with van der Waals surface area (Å²) in [6.07, 6.45) is -2.74. The molecular formula is C21H21ClF3N3O3. The third kappa shape index (κ3) is 8.29. The first-order chi connectivity index (χ1) is 14.7. The van der Waals surface area contributed by atoms with Crippen molar-refractivity contribution < 1.29 is 27.5 Å². The van der Waals surface area contributed by atoms with E-state index in [4.69, 9.17) is 16.3 Å². The second kappa shape index (κ2) is 11.4. The Morgan fingerprint density at radius 1 is 1.13 bits per heavy atom. The van der Waals surface area contributed by atoms with Gasteiger partial charge in [-0.25, -0.2) is 5.43 Å². The Hall–Kier alpha value is -3.07. The molecule has 31 heavy (non-hydrogen) atoms. The molecule has 0 unspecified atom stereocenters. The molecule has 166 valence electrons. The SMILES string of the molecule is CCCOc1ccc(Cl)cc1C=NNC(=O)CCC(=O)Nc1cccc(C(F)(F)F)c1. The van der Waals surface area contributed by atoms with E-state index in [1.165, 1.54) is 18.3 Å². The van der Waals surface area contributed by atoms with E-state index >= 15 is 0 Å². The van der Waals surface area contributed by atoms with Crippen molar-refractivity contribution in [2.24, 2.45) is 5.10 Å². The van der Waals surface area contributed by atoms with Gasteiger partial charge in [0.1, 0.15) is 5.75 Å². The van der Waals surface area contributed by atoms with Crippen LogP contribution in [0, 0.1) is 0 Å². The number of anilines is 1. The molecule has 0 fully saturated rings. The number of carbonyl (C=O) groups is 2. The van der Waals surface area contributed by atoms with Crippen LogP contribution in [0.3, 0.4) is 0 Å². The number of hydrazone groups is 1. The predicted octanol–water partition coefficient (Wildman–Crippen LogP) is 5.02. The van der Waals surface area contributed by atoms with Crippen molar-refractivity contribution >= 4 is 35.3 Å². The average molecular weight is 456 g/mol. The van der Waals surface area contributed by atoms with E-state index < -0.39 is 23.6 Å². The first-order valence-electron chi connectivity index (χ1n) is 9.40. The van der Waals surface area contributed by atoms with Crippen molar-refractivity contribution in [1.29, 1.82) is 0 Å². The van der Waals surface area contributed by atoms with E-state index in [1.807, 2.05) is 6.92 Å². The van der Waals surface area contributed by atoms with Gasteiger partial charge >= 0.3 is 6.18 Å². The largest absolute Gasteiger partial charge is 0.493 e. The monoisotopic (exact) mass is 455 g/mol. The van der Waals surface area contributed by atoms with Crippen molar-refractivity contribution in [3.63, 3.8) is 0 Å². The number of alkyl halides is 3. The fraction of sp³-hybridized carbons (Fsp3) is 0.286. The quantitative estimate of drug-likeness (QED) is 0.411. The molecule has 0 spiro atoms. The van der Waals surface area contributed by atoms with Crippen LogP contribution in [-0.4, -0.2) is 24.6 Å². The summed E-state index contributed by atoms with van der Waals surface area (Å²) in [6, 6.07) is 9.25. The Bertz CT molecular complexity index is 949. The molecule has 10 heteroatoms. The number of ether oxygens (including phenoxy) is 1. The Kier molecular flexibility index (Phi) is 8.87. The van der Waals surface area contributed by atoms with E-state index in [2.05, 4.69) is 15.8 Å². The topological polar surface area (TPSA) is 79.8 Å². The second-order valence-corrected chi connectivity index (χ2v) is 6.89. The normalized spacial score (nSPS) is 11.4. The van der Waals surface area contributed by atoms with Crippen molar-refractivity contribution in [2.45, 2.75) is 32.4 Å². The Balaban J connectivity index is 1.85. The lowest BCUT2D eigenvalue weighted by Crippen LogP contribution is -2.20. The molecule has 2 N–H and O–H groups in total. The number of rotatable bonds is 9. The summed E-state index contributed by atoms with van der Waals surface area (Å²) < 4.78 is 43.7. The summed E-state index contributed by atoms with van der Waals surface area (Å²) in [5.74, 6) is -0.568. The molecule has 0 radical (unpaired) electrons. The second-order valence-electron chi connectivity index (χ2n) is 6.45. The molecule has 2 aromatic carbocycles. The standard InChI is InChI=1S/C21H21ClF3N3O3/c1-2-10-31-18-7-6-16(22)11-14(18)13-26-28-20(30)9-8-19(29)27-17-5-3-4-15(12-17)21(23,24)25/h3-7,11-13H,2,8-10H2,1H3,(H,27,29)(H,28,30). The lowest BCUT2D eigenvalue weighted by atomic mass is 10.2. The number of hydrogen-bond acceptors (Lipinski definition) is 4. The number of amides is 2. The molecule has 0 atom stereocenters. The highest BCUT2D eigenvalue weighted by molar-refractivity contribution is 6.30. The molecule has 6 nitrogen and oxygen atoms in total. The number of benzene rings is 2. The molecule has 0 aliphatic carbocycles. The van der Waals surface area contributed by atoms with E-state index in [0.717, 1.165) is 18.6 Å². The summed E-state index contributed by atoms with van der Waals surface area (Å²) in [6.45, 7) is 2.48. The van der Waals surface area contributed by atoms with Gasteiger partial charge in [-0.2, -0.15) is 18.3 Å². The number of carbonyl (C=O) groups excluding carboxylic acids is 2. The Morgan fingerprint density at radius 2 is 1.87 bits per heavy atom. The zero-order valence-electron chi connectivity index (χ0n) is 16.6. The zero-order chi connectivity index (χ0) is 22.9. The Morgan fingerprint density at radius 3 is 2.58 bits per heavy atom. The first kappa shape index (κ1) is 24.2. The smallest absolute Gasteiger partial charge is 0.416 e. The van der Waals surface area contributed by atoms with Crippen LogP contribution in [-0.2, 0) is 15.8 Å². The minimum atomic E-state index is -4.51. The van der Waals surface area contributed by atoms with Gasteiger partial charge in [-0.3, -0.25) is 9.59 Å². The van der Waals surface area contributed by atoms with Crippen LogP contribution in [0.5, 0.6) is 5.75 Å². The highest BCUT2D eigenvalue weighted by atomic mass is 35.5. The van der Waals surface area contributed by atoms with Crippen LogP contribution in [0.4, 0.5) is 18.9 Å². The third-order valence-electron chi connectivity index (χ3n) is 3.88. The molecular weight excluding hydrogens is 435 g/mol. The molecule has 0 aliphatic heterocycles. The predicted molar refractivity (Wildman–Crippen MR) is 112 cm³/mol. The van der Waals surface area contributed by atoms with Crippen LogP contribution in [0.2, 0.25) is 5.02 Å². The van der Waals surface area contributed by atoms with Gasteiger partial charge in [-0.1, -0.05) is 24.6 Å². The zero-order valence-corrected chi connectivity index (χ0v) is 17.4. The van der Waals surface area contributed by atoms with E-state index in [-0.39, 0.29) is 18.5 Å². The summed E-state index contributed by atoms with van der Waals surface area (Å²) in [4.78, 5) is 23.8. The van der Waals surface area contributed by atoms with E-state index in [9.17, 15) is 22.8 Å². The molecule has 0 aromatic heterocycles. The molecule has 0 bridgehead atoms. The maximum Gasteiger partial charge on any atom is 0.416 e. The highest BCUT2D eigenvalue weighted by Crippen LogP contribution is 2.30. The lowest BCUT2D eigenvalue weighted by Gasteiger charge is -2.09. The molecule has 2 rings (SSSR count). The molecule has 0 aliphatic rings. The number of hydrogen-bond donors (Lipinski definition) is 2. The van der Waals surface area contributed by atoms with Gasteiger partial charge in [0.2, 0.25) is 11.8 Å². The molecule has 0 saturated carbocycles. The molecule has 2 amide bonds. The maximum absolute atomic E-state index is 12.7. The van der Waals surface area contributed by atoms with Gasteiger partial charge in [-0.15, -0.1) is 0 Å². The summed E-state index contributed by atoms with van der Waals surface area (Å²) >= 11 is 5.97. The maximum atomic E-state index is 12.7. The van der Waals surface area contributed by atoms with Crippen molar-refractivity contribution in [3.8, 4) is 5.75 Å². The first-order valence-corrected chi connectivity index (χ1v) is 9.78.